The van der Waals surface area contributed by atoms with E-state index in [2.05, 4.69) is 0 Å². The topological polar surface area (TPSA) is 77.4 Å². The number of hydrogen-bond acceptors (Lipinski definition) is 3. The average molecular weight is 272 g/mol. The van der Waals surface area contributed by atoms with Crippen LogP contribution in [0.1, 0.15) is 16.1 Å². The summed E-state index contributed by atoms with van der Waals surface area (Å²) in [6.07, 6.45) is 3.25. The highest BCUT2D eigenvalue weighted by Crippen LogP contribution is 2.26. The van der Waals surface area contributed by atoms with Gasteiger partial charge in [0.05, 0.1) is 6.54 Å². The first-order chi connectivity index (χ1) is 9.58. The number of carbonyl (C=O) groups is 1. The minimum Gasteiger partial charge on any atom is -0.475 e. The molecule has 0 aliphatic rings. The molecule has 3 rings (SSSR count). The van der Waals surface area contributed by atoms with Crippen molar-refractivity contribution in [1.82, 2.24) is 9.13 Å². The monoisotopic (exact) mass is 272 g/mol. The number of hydrogen-bond donors (Lipinski definition) is 1. The number of rotatable bonds is 3. The molecule has 0 atom stereocenters. The van der Waals surface area contributed by atoms with Crippen LogP contribution in [0.25, 0.3) is 11.0 Å². The molecule has 0 bridgehead atoms. The van der Waals surface area contributed by atoms with Gasteiger partial charge in [-0.25, -0.2) is 9.59 Å². The fourth-order valence-corrected chi connectivity index (χ4v) is 2.23. The van der Waals surface area contributed by atoms with Crippen molar-refractivity contribution in [3.8, 4) is 0 Å². The van der Waals surface area contributed by atoms with Gasteiger partial charge in [0, 0.05) is 30.4 Å². The highest BCUT2D eigenvalue weighted by atomic mass is 16.4. The third-order valence-electron chi connectivity index (χ3n) is 3.24. The molecule has 0 spiro atoms. The van der Waals surface area contributed by atoms with Crippen LogP contribution in [0, 0.1) is 0 Å². The Kier molecular flexibility index (Phi) is 2.71. The van der Waals surface area contributed by atoms with Crippen LogP contribution in [0.2, 0.25) is 0 Å². The van der Waals surface area contributed by atoms with Crippen molar-refractivity contribution < 1.29 is 14.3 Å². The molecule has 1 aromatic carbocycles. The van der Waals surface area contributed by atoms with Gasteiger partial charge in [-0.3, -0.25) is 4.57 Å². The van der Waals surface area contributed by atoms with E-state index in [0.29, 0.717) is 16.5 Å². The Labute approximate surface area is 113 Å². The van der Waals surface area contributed by atoms with Crippen molar-refractivity contribution in [1.29, 1.82) is 0 Å². The highest BCUT2D eigenvalue weighted by molar-refractivity contribution is 5.95. The summed E-state index contributed by atoms with van der Waals surface area (Å²) in [7, 11) is 1.64. The minimum atomic E-state index is -1.14. The summed E-state index contributed by atoms with van der Waals surface area (Å²) in [5.41, 5.74) is 0.803. The first-order valence-corrected chi connectivity index (χ1v) is 6.03. The number of aromatic carboxylic acids is 1. The number of aryl methyl sites for hydroxylation is 1. The van der Waals surface area contributed by atoms with E-state index >= 15 is 0 Å². The highest BCUT2D eigenvalue weighted by Gasteiger charge is 2.20. The smallest absolute Gasteiger partial charge is 0.372 e. The number of fused-ring (bicyclic) bond motifs is 1. The van der Waals surface area contributed by atoms with Crippen LogP contribution in [0.4, 0.5) is 0 Å². The summed E-state index contributed by atoms with van der Waals surface area (Å²) < 4.78 is 8.24. The molecule has 0 unspecified atom stereocenters. The molecule has 0 aliphatic heterocycles. The summed E-state index contributed by atoms with van der Waals surface area (Å²) in [6, 6.07) is 7.07. The first kappa shape index (κ1) is 12.3. The van der Waals surface area contributed by atoms with Gasteiger partial charge in [-0.05, 0) is 6.07 Å². The number of aromatic nitrogens is 2. The van der Waals surface area contributed by atoms with Crippen molar-refractivity contribution in [2.24, 2.45) is 7.05 Å². The van der Waals surface area contributed by atoms with Gasteiger partial charge in [0.25, 0.3) is 0 Å². The lowest BCUT2D eigenvalue weighted by Crippen LogP contribution is -2.22. The first-order valence-electron chi connectivity index (χ1n) is 6.03. The molecule has 0 amide bonds. The normalized spacial score (nSPS) is 11.1. The van der Waals surface area contributed by atoms with E-state index in [-0.39, 0.29) is 18.0 Å². The lowest BCUT2D eigenvalue weighted by molar-refractivity contribution is 0.0663. The van der Waals surface area contributed by atoms with Gasteiger partial charge < -0.3 is 14.1 Å². The molecular weight excluding hydrogens is 260 g/mol. The zero-order valence-electron chi connectivity index (χ0n) is 10.7. The molecule has 2 heterocycles. The van der Waals surface area contributed by atoms with Crippen LogP contribution >= 0.6 is 0 Å². The number of carboxylic acids is 1. The predicted molar refractivity (Wildman–Crippen MR) is 71.9 cm³/mol. The molecule has 0 saturated carbocycles. The lowest BCUT2D eigenvalue weighted by atomic mass is 10.1. The standard InChI is InChI=1S/C14H12N2O4/c1-15-6-7-16(14(15)19)8-10-9-4-2-3-5-11(9)20-12(10)13(17)18/h2-7H,8H2,1H3,(H,17,18). The van der Waals surface area contributed by atoms with Crippen LogP contribution in [0.15, 0.2) is 45.9 Å². The van der Waals surface area contributed by atoms with Crippen molar-refractivity contribution >= 4 is 16.9 Å². The molecule has 1 N–H and O–H groups in total. The van der Waals surface area contributed by atoms with Crippen LogP contribution in [-0.2, 0) is 13.6 Å². The van der Waals surface area contributed by atoms with Gasteiger partial charge in [-0.15, -0.1) is 0 Å². The Balaban J connectivity index is 2.19. The SMILES string of the molecule is Cn1ccn(Cc2c(C(=O)O)oc3ccccc23)c1=O. The second kappa shape index (κ2) is 4.41. The van der Waals surface area contributed by atoms with Crippen molar-refractivity contribution in [2.75, 3.05) is 0 Å². The maximum atomic E-state index is 11.9. The van der Waals surface area contributed by atoms with Gasteiger partial charge >= 0.3 is 11.7 Å². The van der Waals surface area contributed by atoms with Crippen LogP contribution in [0.5, 0.6) is 0 Å². The quantitative estimate of drug-likeness (QED) is 0.787. The Morgan fingerprint density at radius 3 is 2.70 bits per heavy atom. The van der Waals surface area contributed by atoms with Gasteiger partial charge in [0.1, 0.15) is 5.58 Å². The third kappa shape index (κ3) is 1.82. The van der Waals surface area contributed by atoms with E-state index in [1.807, 2.05) is 0 Å². The van der Waals surface area contributed by atoms with Crippen molar-refractivity contribution in [3.05, 3.63) is 58.5 Å². The molecule has 0 radical (unpaired) electrons. The Bertz CT molecular complexity index is 854. The van der Waals surface area contributed by atoms with Crippen molar-refractivity contribution in [2.45, 2.75) is 6.54 Å². The Morgan fingerprint density at radius 2 is 2.05 bits per heavy atom. The molecule has 0 fully saturated rings. The molecule has 6 nitrogen and oxygen atoms in total. The Hall–Kier alpha value is -2.76. The van der Waals surface area contributed by atoms with E-state index in [9.17, 15) is 14.7 Å². The molecular formula is C14H12N2O4. The molecule has 0 aliphatic carbocycles. The molecule has 3 aromatic rings. The molecule has 6 heteroatoms. The predicted octanol–water partition coefficient (Wildman–Crippen LogP) is 1.68. The second-order valence-electron chi connectivity index (χ2n) is 4.53. The second-order valence-corrected chi connectivity index (χ2v) is 4.53. The lowest BCUT2D eigenvalue weighted by Gasteiger charge is -2.01. The van der Waals surface area contributed by atoms with Crippen molar-refractivity contribution in [3.63, 3.8) is 0 Å². The molecule has 2 aromatic heterocycles. The van der Waals surface area contributed by atoms with Gasteiger partial charge in [-0.2, -0.15) is 0 Å². The van der Waals surface area contributed by atoms with E-state index < -0.39 is 5.97 Å². The van der Waals surface area contributed by atoms with E-state index in [4.69, 9.17) is 4.42 Å². The average Bonchev–Trinajstić information content (AvgIpc) is 2.95. The Morgan fingerprint density at radius 1 is 1.30 bits per heavy atom. The molecule has 102 valence electrons. The van der Waals surface area contributed by atoms with Gasteiger partial charge in [-0.1, -0.05) is 18.2 Å². The number of furan rings is 1. The molecule has 20 heavy (non-hydrogen) atoms. The summed E-state index contributed by atoms with van der Waals surface area (Å²) in [4.78, 5) is 23.1. The van der Waals surface area contributed by atoms with Crippen LogP contribution in [-0.4, -0.2) is 20.2 Å². The zero-order valence-corrected chi connectivity index (χ0v) is 10.7. The number of nitrogens with zero attached hydrogens (tertiary/aromatic N) is 2. The molecule has 0 saturated heterocycles. The zero-order chi connectivity index (χ0) is 14.3. The number of imidazole rings is 1. The summed E-state index contributed by atoms with van der Waals surface area (Å²) in [6.45, 7) is 0.165. The van der Waals surface area contributed by atoms with E-state index in [1.165, 1.54) is 9.13 Å². The maximum Gasteiger partial charge on any atom is 0.372 e. The fraction of sp³-hybridized carbons (Fsp3) is 0.143. The summed E-state index contributed by atoms with van der Waals surface area (Å²) >= 11 is 0. The van der Waals surface area contributed by atoms with E-state index in [1.54, 1.807) is 43.7 Å². The van der Waals surface area contributed by atoms with Gasteiger partial charge in [0.15, 0.2) is 0 Å². The maximum absolute atomic E-state index is 11.9. The summed E-state index contributed by atoms with van der Waals surface area (Å²) in [5.74, 6) is -1.26. The third-order valence-corrected chi connectivity index (χ3v) is 3.24. The largest absolute Gasteiger partial charge is 0.475 e. The number of para-hydroxylation sites is 1. The fourth-order valence-electron chi connectivity index (χ4n) is 2.23. The van der Waals surface area contributed by atoms with Crippen LogP contribution in [0.3, 0.4) is 0 Å². The number of carboxylic acid groups (broad SMARTS) is 1. The van der Waals surface area contributed by atoms with Gasteiger partial charge in [0.2, 0.25) is 5.76 Å². The minimum absolute atomic E-state index is 0.123. The number of benzene rings is 1. The van der Waals surface area contributed by atoms with E-state index in [0.717, 1.165) is 0 Å². The summed E-state index contributed by atoms with van der Waals surface area (Å²) in [5, 5.41) is 9.94. The van der Waals surface area contributed by atoms with Crippen LogP contribution < -0.4 is 5.69 Å².